The topological polar surface area (TPSA) is 82.5 Å². The van der Waals surface area contributed by atoms with Crippen LogP contribution in [0.25, 0.3) is 0 Å². The van der Waals surface area contributed by atoms with Gasteiger partial charge < -0.3 is 14.8 Å². The number of carbonyl (C=O) groups is 1. The molecule has 0 spiro atoms. The normalized spacial score (nSPS) is 14.0. The van der Waals surface area contributed by atoms with E-state index in [0.717, 1.165) is 18.5 Å². The van der Waals surface area contributed by atoms with Crippen LogP contribution in [0.2, 0.25) is 0 Å². The van der Waals surface area contributed by atoms with Gasteiger partial charge in [0, 0.05) is 30.6 Å². The van der Waals surface area contributed by atoms with Crippen LogP contribution in [-0.4, -0.2) is 35.2 Å². The third kappa shape index (κ3) is 5.37. The summed E-state index contributed by atoms with van der Waals surface area (Å²) in [5, 5.41) is 2.84. The molecule has 1 fully saturated rings. The lowest BCUT2D eigenvalue weighted by Gasteiger charge is -2.13. The maximum absolute atomic E-state index is 12.5. The Morgan fingerprint density at radius 1 is 1.14 bits per heavy atom. The van der Waals surface area contributed by atoms with Crippen molar-refractivity contribution < 1.29 is 14.3 Å². The molecule has 1 amide bonds. The molecule has 7 nitrogen and oxygen atoms in total. The number of rotatable bonds is 9. The first-order valence-electron chi connectivity index (χ1n) is 10.4. The van der Waals surface area contributed by atoms with Crippen molar-refractivity contribution in [3.05, 3.63) is 52.2 Å². The number of aromatic nitrogens is 2. The van der Waals surface area contributed by atoms with Crippen molar-refractivity contribution in [2.75, 3.05) is 19.8 Å². The Hall–Kier alpha value is -2.83. The lowest BCUT2D eigenvalue weighted by Crippen LogP contribution is -2.31. The Kier molecular flexibility index (Phi) is 7.27. The van der Waals surface area contributed by atoms with Crippen molar-refractivity contribution in [1.82, 2.24) is 14.9 Å². The fourth-order valence-corrected chi connectivity index (χ4v) is 3.64. The number of amides is 1. The quantitative estimate of drug-likeness (QED) is 0.701. The van der Waals surface area contributed by atoms with Gasteiger partial charge in [-0.15, -0.1) is 0 Å². The Balaban J connectivity index is 1.58. The summed E-state index contributed by atoms with van der Waals surface area (Å²) in [6.45, 7) is 5.49. The van der Waals surface area contributed by atoms with Crippen molar-refractivity contribution in [1.29, 1.82) is 0 Å². The Labute approximate surface area is 171 Å². The molecule has 1 aliphatic rings. The molecule has 1 aromatic heterocycles. The standard InChI is InChI=1S/C22H29N3O4/c1-3-28-19-10-9-17(13-20(19)29-4-2)22(27)23-11-12-25-15-24-18(14-21(25)26)16-7-5-6-8-16/h9-10,13-16H,3-8,11-12H2,1-2H3,(H,23,27). The maximum atomic E-state index is 12.5. The van der Waals surface area contributed by atoms with Crippen molar-refractivity contribution in [2.45, 2.75) is 52.0 Å². The Morgan fingerprint density at radius 3 is 2.55 bits per heavy atom. The van der Waals surface area contributed by atoms with Crippen LogP contribution in [0.15, 0.2) is 35.4 Å². The average molecular weight is 399 g/mol. The largest absolute Gasteiger partial charge is 0.490 e. The summed E-state index contributed by atoms with van der Waals surface area (Å²) in [7, 11) is 0. The van der Waals surface area contributed by atoms with E-state index in [1.165, 1.54) is 17.4 Å². The minimum atomic E-state index is -0.224. The van der Waals surface area contributed by atoms with Gasteiger partial charge in [-0.2, -0.15) is 0 Å². The van der Waals surface area contributed by atoms with Gasteiger partial charge in [0.1, 0.15) is 0 Å². The lowest BCUT2D eigenvalue weighted by molar-refractivity contribution is 0.0951. The highest BCUT2D eigenvalue weighted by Crippen LogP contribution is 2.32. The maximum Gasteiger partial charge on any atom is 0.253 e. The minimum Gasteiger partial charge on any atom is -0.490 e. The summed E-state index contributed by atoms with van der Waals surface area (Å²) < 4.78 is 12.6. The average Bonchev–Trinajstić information content (AvgIpc) is 3.25. The molecule has 0 aliphatic heterocycles. The van der Waals surface area contributed by atoms with Crippen molar-refractivity contribution in [3.8, 4) is 11.5 Å². The fraction of sp³-hybridized carbons (Fsp3) is 0.500. The lowest BCUT2D eigenvalue weighted by atomic mass is 10.0. The molecule has 29 heavy (non-hydrogen) atoms. The minimum absolute atomic E-state index is 0.0733. The van der Waals surface area contributed by atoms with E-state index in [9.17, 15) is 9.59 Å². The zero-order chi connectivity index (χ0) is 20.6. The van der Waals surface area contributed by atoms with E-state index in [-0.39, 0.29) is 11.5 Å². The number of benzene rings is 1. The Morgan fingerprint density at radius 2 is 1.86 bits per heavy atom. The highest BCUT2D eigenvalue weighted by molar-refractivity contribution is 5.94. The van der Waals surface area contributed by atoms with Crippen LogP contribution in [-0.2, 0) is 6.54 Å². The molecule has 1 aromatic carbocycles. The summed E-state index contributed by atoms with van der Waals surface area (Å²) in [4.78, 5) is 29.3. The molecule has 1 saturated carbocycles. The van der Waals surface area contributed by atoms with E-state index in [1.807, 2.05) is 13.8 Å². The zero-order valence-electron chi connectivity index (χ0n) is 17.1. The summed E-state index contributed by atoms with van der Waals surface area (Å²) in [5.74, 6) is 1.35. The molecule has 156 valence electrons. The number of ether oxygens (including phenoxy) is 2. The predicted molar refractivity (Wildman–Crippen MR) is 111 cm³/mol. The number of hydrogen-bond donors (Lipinski definition) is 1. The molecule has 1 aliphatic carbocycles. The second-order valence-corrected chi connectivity index (χ2v) is 7.11. The van der Waals surface area contributed by atoms with Gasteiger partial charge >= 0.3 is 0 Å². The van der Waals surface area contributed by atoms with E-state index in [2.05, 4.69) is 10.3 Å². The molecular weight excluding hydrogens is 370 g/mol. The molecular formula is C22H29N3O4. The predicted octanol–water partition coefficient (Wildman–Crippen LogP) is 3.13. The van der Waals surface area contributed by atoms with Crippen LogP contribution in [0.5, 0.6) is 11.5 Å². The number of nitrogens with zero attached hydrogens (tertiary/aromatic N) is 2. The van der Waals surface area contributed by atoms with Gasteiger partial charge in [-0.05, 0) is 44.9 Å². The third-order valence-corrected chi connectivity index (χ3v) is 5.12. The third-order valence-electron chi connectivity index (χ3n) is 5.12. The molecule has 3 rings (SSSR count). The van der Waals surface area contributed by atoms with Crippen molar-refractivity contribution >= 4 is 5.91 Å². The van der Waals surface area contributed by atoms with Gasteiger partial charge in [-0.25, -0.2) is 4.98 Å². The van der Waals surface area contributed by atoms with Crippen LogP contribution in [0, 0.1) is 0 Å². The second-order valence-electron chi connectivity index (χ2n) is 7.11. The molecule has 7 heteroatoms. The first-order chi connectivity index (χ1) is 14.1. The van der Waals surface area contributed by atoms with E-state index < -0.39 is 0 Å². The van der Waals surface area contributed by atoms with Gasteiger partial charge in [0.25, 0.3) is 11.5 Å². The first-order valence-corrected chi connectivity index (χ1v) is 10.4. The first kappa shape index (κ1) is 20.9. The molecule has 2 aromatic rings. The molecule has 0 atom stereocenters. The molecule has 0 bridgehead atoms. The molecule has 1 heterocycles. The van der Waals surface area contributed by atoms with Gasteiger partial charge in [0.05, 0.1) is 25.2 Å². The van der Waals surface area contributed by atoms with Crippen LogP contribution >= 0.6 is 0 Å². The van der Waals surface area contributed by atoms with Crippen LogP contribution in [0.3, 0.4) is 0 Å². The van der Waals surface area contributed by atoms with Gasteiger partial charge in [-0.3, -0.25) is 14.2 Å². The van der Waals surface area contributed by atoms with Crippen molar-refractivity contribution in [2.24, 2.45) is 0 Å². The molecule has 0 saturated heterocycles. The Bertz CT molecular complexity index is 888. The highest BCUT2D eigenvalue weighted by atomic mass is 16.5. The summed E-state index contributed by atoms with van der Waals surface area (Å²) >= 11 is 0. The van der Waals surface area contributed by atoms with Gasteiger partial charge in [0.15, 0.2) is 11.5 Å². The second kappa shape index (κ2) is 10.1. The highest BCUT2D eigenvalue weighted by Gasteiger charge is 2.19. The van der Waals surface area contributed by atoms with E-state index in [4.69, 9.17) is 9.47 Å². The molecule has 0 unspecified atom stereocenters. The van der Waals surface area contributed by atoms with Crippen LogP contribution in [0.1, 0.15) is 61.5 Å². The van der Waals surface area contributed by atoms with Crippen LogP contribution in [0.4, 0.5) is 0 Å². The van der Waals surface area contributed by atoms with Gasteiger partial charge in [-0.1, -0.05) is 12.8 Å². The SMILES string of the molecule is CCOc1ccc(C(=O)NCCn2cnc(C3CCCC3)cc2=O)cc1OCC. The number of nitrogens with one attached hydrogen (secondary N) is 1. The smallest absolute Gasteiger partial charge is 0.253 e. The zero-order valence-corrected chi connectivity index (χ0v) is 17.1. The summed E-state index contributed by atoms with van der Waals surface area (Å²) in [5.41, 5.74) is 1.31. The fourth-order valence-electron chi connectivity index (χ4n) is 3.64. The van der Waals surface area contributed by atoms with Crippen molar-refractivity contribution in [3.63, 3.8) is 0 Å². The summed E-state index contributed by atoms with van der Waals surface area (Å²) in [6, 6.07) is 6.75. The monoisotopic (exact) mass is 399 g/mol. The van der Waals surface area contributed by atoms with E-state index in [0.29, 0.717) is 49.3 Å². The van der Waals surface area contributed by atoms with Gasteiger partial charge in [0.2, 0.25) is 0 Å². The van der Waals surface area contributed by atoms with E-state index >= 15 is 0 Å². The summed E-state index contributed by atoms with van der Waals surface area (Å²) in [6.07, 6.45) is 6.22. The molecule has 0 radical (unpaired) electrons. The number of hydrogen-bond acceptors (Lipinski definition) is 5. The van der Waals surface area contributed by atoms with Crippen LogP contribution < -0.4 is 20.3 Å². The number of carbonyl (C=O) groups excluding carboxylic acids is 1. The van der Waals surface area contributed by atoms with E-state index in [1.54, 1.807) is 30.6 Å². The molecule has 1 N–H and O–H groups in total.